The lowest BCUT2D eigenvalue weighted by atomic mass is 10.7. The van der Waals surface area contributed by atoms with E-state index in [1.54, 1.807) is 0 Å². The summed E-state index contributed by atoms with van der Waals surface area (Å²) in [4.78, 5) is 1.32. The summed E-state index contributed by atoms with van der Waals surface area (Å²) in [6.07, 6.45) is 1.35. The van der Waals surface area contributed by atoms with E-state index in [4.69, 9.17) is 0 Å². The minimum atomic E-state index is 1.15. The van der Waals surface area contributed by atoms with Crippen molar-refractivity contribution in [3.8, 4) is 0 Å². The van der Waals surface area contributed by atoms with Crippen molar-refractivity contribution in [1.29, 1.82) is 0 Å². The van der Waals surface area contributed by atoms with Gasteiger partial charge in [0.05, 0.1) is 0 Å². The van der Waals surface area contributed by atoms with Gasteiger partial charge in [0, 0.05) is 5.33 Å². The van der Waals surface area contributed by atoms with Gasteiger partial charge in [0.1, 0.15) is 0 Å². The van der Waals surface area contributed by atoms with Gasteiger partial charge in [-0.2, -0.15) is 0 Å². The number of alkyl halides is 1. The number of hydrogen-bond acceptors (Lipinski definition) is 0. The van der Waals surface area contributed by atoms with Crippen molar-refractivity contribution in [2.45, 2.75) is 0 Å². The summed E-state index contributed by atoms with van der Waals surface area (Å²) in [5.74, 6) is 0. The van der Waals surface area contributed by atoms with Crippen molar-refractivity contribution in [2.75, 3.05) is 11.5 Å². The molecule has 6 heavy (non-hydrogen) atoms. The SMILES string of the molecule is BrCCPBI. The highest BCUT2D eigenvalue weighted by Crippen LogP contribution is 2.09. The van der Waals surface area contributed by atoms with Crippen LogP contribution in [0.4, 0.5) is 0 Å². The van der Waals surface area contributed by atoms with Crippen molar-refractivity contribution < 1.29 is 0 Å². The fraction of sp³-hybridized carbons (Fsp3) is 1.00. The molecule has 0 saturated carbocycles. The Morgan fingerprint density at radius 2 is 2.50 bits per heavy atom. The predicted molar refractivity (Wildman–Crippen MR) is 48.1 cm³/mol. The van der Waals surface area contributed by atoms with Gasteiger partial charge in [-0.05, 0) is 6.16 Å². The summed E-state index contributed by atoms with van der Waals surface area (Å²) in [5.41, 5.74) is 0. The van der Waals surface area contributed by atoms with Gasteiger partial charge in [0.15, 0.2) is 0 Å². The van der Waals surface area contributed by atoms with Gasteiger partial charge < -0.3 is 0 Å². The molecule has 0 fully saturated rings. The van der Waals surface area contributed by atoms with Crippen molar-refractivity contribution in [2.24, 2.45) is 0 Å². The molecule has 0 aromatic heterocycles. The monoisotopic (exact) mass is 278 g/mol. The van der Waals surface area contributed by atoms with E-state index < -0.39 is 0 Å². The summed E-state index contributed by atoms with van der Waals surface area (Å²) in [6, 6.07) is 0. The van der Waals surface area contributed by atoms with E-state index in [-0.39, 0.29) is 0 Å². The summed E-state index contributed by atoms with van der Waals surface area (Å²) >= 11 is 5.76. The third kappa shape index (κ3) is 5.70. The molecule has 36 valence electrons. The van der Waals surface area contributed by atoms with Gasteiger partial charge in [-0.3, -0.25) is 0 Å². The Hall–Kier alpha value is 1.70. The summed E-state index contributed by atoms with van der Waals surface area (Å²) < 4.78 is 0. The molecule has 0 aliphatic heterocycles. The van der Waals surface area contributed by atoms with Crippen molar-refractivity contribution in [1.82, 2.24) is 0 Å². The quantitative estimate of drug-likeness (QED) is 0.243. The van der Waals surface area contributed by atoms with Crippen LogP contribution in [0.1, 0.15) is 0 Å². The smallest absolute Gasteiger partial charge is 0.148 e. The molecule has 4 heteroatoms. The molecule has 0 heterocycles. The van der Waals surface area contributed by atoms with Gasteiger partial charge >= 0.3 is 0 Å². The highest BCUT2D eigenvalue weighted by atomic mass is 127. The number of halogens is 2. The summed E-state index contributed by atoms with van der Waals surface area (Å²) in [5, 5.41) is 1.18. The number of hydrogen-bond donors (Lipinski definition) is 0. The Morgan fingerprint density at radius 1 is 1.83 bits per heavy atom. The molecule has 0 aliphatic rings. The summed E-state index contributed by atoms with van der Waals surface area (Å²) in [7, 11) is 1.15. The summed E-state index contributed by atoms with van der Waals surface area (Å²) in [6.45, 7) is 0. The Morgan fingerprint density at radius 3 is 2.67 bits per heavy atom. The lowest BCUT2D eigenvalue weighted by Crippen LogP contribution is -1.73. The molecule has 0 radical (unpaired) electrons. The van der Waals surface area contributed by atoms with E-state index in [1.807, 2.05) is 0 Å². The van der Waals surface area contributed by atoms with Crippen molar-refractivity contribution in [3.63, 3.8) is 0 Å². The maximum Gasteiger partial charge on any atom is 0.225 e. The fourth-order valence-electron chi connectivity index (χ4n) is 0.134. The standard InChI is InChI=1S/C2H6BBrIP/c4-1-2-6-3-5/h3,6H,1-2H2. The van der Waals surface area contributed by atoms with Crippen molar-refractivity contribution >= 4 is 51.6 Å². The van der Waals surface area contributed by atoms with Gasteiger partial charge in [-0.1, -0.05) is 15.9 Å². The zero-order valence-electron chi connectivity index (χ0n) is 3.38. The van der Waals surface area contributed by atoms with Crippen LogP contribution in [-0.2, 0) is 0 Å². The van der Waals surface area contributed by atoms with Crippen LogP contribution < -0.4 is 0 Å². The van der Waals surface area contributed by atoms with Crippen LogP contribution in [0.2, 0.25) is 0 Å². The molecule has 0 N–H and O–H groups in total. The first-order chi connectivity index (χ1) is 2.91. The predicted octanol–water partition coefficient (Wildman–Crippen LogP) is 1.76. The topological polar surface area (TPSA) is 0 Å². The molecule has 1 unspecified atom stereocenters. The zero-order chi connectivity index (χ0) is 4.83. The second-order valence-corrected chi connectivity index (χ2v) is 5.17. The highest BCUT2D eigenvalue weighted by Gasteiger charge is 1.79. The van der Waals surface area contributed by atoms with Crippen LogP contribution in [0.25, 0.3) is 0 Å². The van der Waals surface area contributed by atoms with E-state index in [9.17, 15) is 0 Å². The first-order valence-corrected chi connectivity index (χ1v) is 5.80. The molecule has 0 saturated heterocycles. The van der Waals surface area contributed by atoms with E-state index in [0.717, 1.165) is 8.46 Å². The van der Waals surface area contributed by atoms with Crippen LogP contribution in [0.3, 0.4) is 0 Å². The molecule has 1 atom stereocenters. The first-order valence-electron chi connectivity index (χ1n) is 1.74. The normalized spacial score (nSPS) is 10.3. The van der Waals surface area contributed by atoms with Crippen LogP contribution in [0.15, 0.2) is 0 Å². The van der Waals surface area contributed by atoms with Gasteiger partial charge in [-0.25, -0.2) is 0 Å². The molecule has 0 bridgehead atoms. The van der Waals surface area contributed by atoms with Gasteiger partial charge in [0.2, 0.25) is 4.86 Å². The first kappa shape index (κ1) is 7.70. The third-order valence-corrected chi connectivity index (χ3v) is 3.90. The third-order valence-electron chi connectivity index (χ3n) is 0.366. The molecule has 0 aromatic rings. The van der Waals surface area contributed by atoms with E-state index in [0.29, 0.717) is 0 Å². The molecule has 0 amide bonds. The van der Waals surface area contributed by atoms with E-state index >= 15 is 0 Å². The molecule has 0 aromatic carbocycles. The van der Waals surface area contributed by atoms with Crippen LogP contribution in [0.5, 0.6) is 0 Å². The molecular weight excluding hydrogens is 273 g/mol. The molecule has 0 nitrogen and oxygen atoms in total. The Kier molecular flexibility index (Phi) is 8.61. The van der Waals surface area contributed by atoms with E-state index in [2.05, 4.69) is 38.3 Å². The maximum absolute atomic E-state index is 3.35. The van der Waals surface area contributed by atoms with Crippen LogP contribution in [0, 0.1) is 0 Å². The Labute approximate surface area is 62.8 Å². The van der Waals surface area contributed by atoms with Crippen LogP contribution >= 0.6 is 46.8 Å². The molecular formula is C2H6BBrIP. The zero-order valence-corrected chi connectivity index (χ0v) is 8.12. The van der Waals surface area contributed by atoms with Gasteiger partial charge in [-0.15, -0.1) is 30.8 Å². The lowest BCUT2D eigenvalue weighted by molar-refractivity contribution is 1.59. The minimum Gasteiger partial charge on any atom is -0.148 e. The second-order valence-electron chi connectivity index (χ2n) is 0.823. The Bertz CT molecular complexity index is 25.5. The van der Waals surface area contributed by atoms with Crippen LogP contribution in [-0.4, -0.2) is 16.3 Å². The molecule has 0 aliphatic carbocycles. The fourth-order valence-corrected chi connectivity index (χ4v) is 2.39. The second kappa shape index (κ2) is 6.70. The molecule has 0 rings (SSSR count). The lowest BCUT2D eigenvalue weighted by Gasteiger charge is -1.83. The van der Waals surface area contributed by atoms with Gasteiger partial charge in [0.25, 0.3) is 0 Å². The Balaban J connectivity index is 2.34. The van der Waals surface area contributed by atoms with E-state index in [1.165, 1.54) is 16.3 Å². The highest BCUT2D eigenvalue weighted by molar-refractivity contribution is 14.1. The number of rotatable bonds is 3. The minimum absolute atomic E-state index is 1.15. The molecule has 0 spiro atoms. The average Bonchev–Trinajstić information content (AvgIpc) is 1.61. The largest absolute Gasteiger partial charge is 0.225 e. The maximum atomic E-state index is 3.35. The van der Waals surface area contributed by atoms with Crippen molar-refractivity contribution in [3.05, 3.63) is 0 Å². The average molecular weight is 279 g/mol.